The number of hydrogen-bond acceptors (Lipinski definition) is 6. The van der Waals surface area contributed by atoms with E-state index in [0.29, 0.717) is 32.1 Å². The normalized spacial score (nSPS) is 16.6. The van der Waals surface area contributed by atoms with Crippen LogP contribution in [0, 0.1) is 11.8 Å². The SMILES string of the molecule is CC#CCOc1ccc(S(=O)(=O)N(CCN2CCOCC2)CC(C)O)cc1. The number of benzene rings is 1. The summed E-state index contributed by atoms with van der Waals surface area (Å²) in [5.74, 6) is 6.09. The summed E-state index contributed by atoms with van der Waals surface area (Å²) >= 11 is 0. The molecule has 0 aliphatic carbocycles. The molecule has 0 bridgehead atoms. The molecule has 7 nitrogen and oxygen atoms in total. The van der Waals surface area contributed by atoms with Gasteiger partial charge >= 0.3 is 0 Å². The number of sulfonamides is 1. The lowest BCUT2D eigenvalue weighted by Gasteiger charge is -2.30. The van der Waals surface area contributed by atoms with Crippen LogP contribution < -0.4 is 4.74 Å². The molecule has 0 aromatic heterocycles. The van der Waals surface area contributed by atoms with Gasteiger partial charge in [0.25, 0.3) is 0 Å². The molecule has 1 aliphatic rings. The molecule has 150 valence electrons. The highest BCUT2D eigenvalue weighted by molar-refractivity contribution is 7.89. The lowest BCUT2D eigenvalue weighted by Crippen LogP contribution is -2.44. The first-order chi connectivity index (χ1) is 12.9. The van der Waals surface area contributed by atoms with Crippen molar-refractivity contribution < 1.29 is 23.0 Å². The van der Waals surface area contributed by atoms with Crippen molar-refractivity contribution >= 4 is 10.0 Å². The molecule has 27 heavy (non-hydrogen) atoms. The van der Waals surface area contributed by atoms with E-state index in [1.165, 1.54) is 16.4 Å². The fourth-order valence-electron chi connectivity index (χ4n) is 2.73. The fraction of sp³-hybridized carbons (Fsp3) is 0.579. The Morgan fingerprint density at radius 2 is 1.96 bits per heavy atom. The predicted molar refractivity (Wildman–Crippen MR) is 103 cm³/mol. The third kappa shape index (κ3) is 6.79. The van der Waals surface area contributed by atoms with Gasteiger partial charge in [-0.25, -0.2) is 8.42 Å². The molecule has 0 spiro atoms. The highest BCUT2D eigenvalue weighted by Crippen LogP contribution is 2.20. The van der Waals surface area contributed by atoms with Gasteiger partial charge in [-0.15, -0.1) is 5.92 Å². The summed E-state index contributed by atoms with van der Waals surface area (Å²) in [7, 11) is -3.71. The van der Waals surface area contributed by atoms with Crippen molar-refractivity contribution in [2.24, 2.45) is 0 Å². The van der Waals surface area contributed by atoms with Gasteiger partial charge in [-0.3, -0.25) is 4.90 Å². The number of morpholine rings is 1. The van der Waals surface area contributed by atoms with Crippen molar-refractivity contribution in [1.29, 1.82) is 0 Å². The van der Waals surface area contributed by atoms with E-state index in [0.717, 1.165) is 13.1 Å². The van der Waals surface area contributed by atoms with Crippen LogP contribution in [0.3, 0.4) is 0 Å². The largest absolute Gasteiger partial charge is 0.481 e. The average Bonchev–Trinajstić information content (AvgIpc) is 2.66. The molecule has 0 saturated carbocycles. The van der Waals surface area contributed by atoms with Gasteiger partial charge in [0.05, 0.1) is 24.2 Å². The summed E-state index contributed by atoms with van der Waals surface area (Å²) in [6.07, 6.45) is -0.750. The van der Waals surface area contributed by atoms with Gasteiger partial charge in [0.1, 0.15) is 12.4 Å². The van der Waals surface area contributed by atoms with Gasteiger partial charge in [0.2, 0.25) is 10.0 Å². The maximum atomic E-state index is 13.0. The molecule has 1 heterocycles. The van der Waals surface area contributed by atoms with E-state index in [1.807, 2.05) is 0 Å². The van der Waals surface area contributed by atoms with E-state index in [-0.39, 0.29) is 18.0 Å². The molecule has 1 saturated heterocycles. The molecule has 0 radical (unpaired) electrons. The summed E-state index contributed by atoms with van der Waals surface area (Å²) in [6, 6.07) is 6.28. The Morgan fingerprint density at radius 1 is 1.30 bits per heavy atom. The van der Waals surface area contributed by atoms with Crippen molar-refractivity contribution in [3.05, 3.63) is 24.3 Å². The Balaban J connectivity index is 2.07. The predicted octanol–water partition coefficient (Wildman–Crippen LogP) is 0.792. The molecule has 1 unspecified atom stereocenters. The molecule has 1 aromatic rings. The number of aliphatic hydroxyl groups is 1. The maximum Gasteiger partial charge on any atom is 0.243 e. The minimum atomic E-state index is -3.71. The molecule has 1 N–H and O–H groups in total. The van der Waals surface area contributed by atoms with Gasteiger partial charge < -0.3 is 14.6 Å². The molecular weight excluding hydrogens is 368 g/mol. The number of hydrogen-bond donors (Lipinski definition) is 1. The Labute approximate surface area is 161 Å². The molecule has 2 rings (SSSR count). The minimum absolute atomic E-state index is 0.0526. The highest BCUT2D eigenvalue weighted by Gasteiger charge is 2.26. The van der Waals surface area contributed by atoms with E-state index in [2.05, 4.69) is 16.7 Å². The van der Waals surface area contributed by atoms with E-state index >= 15 is 0 Å². The van der Waals surface area contributed by atoms with E-state index in [4.69, 9.17) is 9.47 Å². The molecule has 1 aliphatic heterocycles. The van der Waals surface area contributed by atoms with Crippen LogP contribution in [0.1, 0.15) is 13.8 Å². The average molecular weight is 397 g/mol. The first-order valence-electron chi connectivity index (χ1n) is 9.04. The van der Waals surface area contributed by atoms with Crippen molar-refractivity contribution in [3.8, 4) is 17.6 Å². The second kappa shape index (κ2) is 10.6. The second-order valence-electron chi connectivity index (χ2n) is 6.35. The van der Waals surface area contributed by atoms with Gasteiger partial charge in [-0.1, -0.05) is 5.92 Å². The first kappa shape index (κ1) is 21.7. The van der Waals surface area contributed by atoms with Crippen LogP contribution in [0.25, 0.3) is 0 Å². The van der Waals surface area contributed by atoms with Gasteiger partial charge in [0, 0.05) is 32.7 Å². The topological polar surface area (TPSA) is 79.3 Å². The standard InChI is InChI=1S/C19H28N2O5S/c1-3-4-13-26-18-5-7-19(8-6-18)27(23,24)21(16-17(2)22)10-9-20-11-14-25-15-12-20/h5-8,17,22H,9-16H2,1-2H3. The van der Waals surface area contributed by atoms with Gasteiger partial charge in [0.15, 0.2) is 0 Å². The Kier molecular flexibility index (Phi) is 8.54. The van der Waals surface area contributed by atoms with E-state index < -0.39 is 16.1 Å². The number of ether oxygens (including phenoxy) is 2. The Hall–Kier alpha value is -1.63. The van der Waals surface area contributed by atoms with Crippen molar-refractivity contribution in [2.45, 2.75) is 24.8 Å². The summed E-state index contributed by atoms with van der Waals surface area (Å²) < 4.78 is 38.1. The first-order valence-corrected chi connectivity index (χ1v) is 10.5. The monoisotopic (exact) mass is 396 g/mol. The molecule has 8 heteroatoms. The van der Waals surface area contributed by atoms with Crippen molar-refractivity contribution in [2.75, 3.05) is 52.5 Å². The summed E-state index contributed by atoms with van der Waals surface area (Å²) in [6.45, 7) is 7.44. The fourth-order valence-corrected chi connectivity index (χ4v) is 4.24. The van der Waals surface area contributed by atoms with Crippen molar-refractivity contribution in [1.82, 2.24) is 9.21 Å². The number of rotatable bonds is 9. The Morgan fingerprint density at radius 3 is 2.56 bits per heavy atom. The van der Waals surface area contributed by atoms with Crippen LogP contribution in [0.2, 0.25) is 0 Å². The van der Waals surface area contributed by atoms with E-state index in [9.17, 15) is 13.5 Å². The maximum absolute atomic E-state index is 13.0. The molecular formula is C19H28N2O5S. The summed E-state index contributed by atoms with van der Waals surface area (Å²) in [5.41, 5.74) is 0. The van der Waals surface area contributed by atoms with Crippen LogP contribution in [0.5, 0.6) is 5.75 Å². The van der Waals surface area contributed by atoms with Crippen molar-refractivity contribution in [3.63, 3.8) is 0 Å². The highest BCUT2D eigenvalue weighted by atomic mass is 32.2. The third-order valence-electron chi connectivity index (χ3n) is 4.19. The Bertz CT molecular complexity index is 732. The van der Waals surface area contributed by atoms with Crippen LogP contribution in [-0.4, -0.2) is 81.4 Å². The zero-order valence-corrected chi connectivity index (χ0v) is 16.7. The van der Waals surface area contributed by atoms with Gasteiger partial charge in [-0.2, -0.15) is 4.31 Å². The third-order valence-corrected chi connectivity index (χ3v) is 6.07. The molecule has 0 amide bonds. The molecule has 1 fully saturated rings. The summed E-state index contributed by atoms with van der Waals surface area (Å²) in [4.78, 5) is 2.35. The van der Waals surface area contributed by atoms with E-state index in [1.54, 1.807) is 26.0 Å². The van der Waals surface area contributed by atoms with Crippen LogP contribution in [0.4, 0.5) is 0 Å². The smallest absolute Gasteiger partial charge is 0.243 e. The van der Waals surface area contributed by atoms with Crippen LogP contribution >= 0.6 is 0 Å². The van der Waals surface area contributed by atoms with Crippen LogP contribution in [0.15, 0.2) is 29.2 Å². The lowest BCUT2D eigenvalue weighted by molar-refractivity contribution is 0.0352. The van der Waals surface area contributed by atoms with Crippen LogP contribution in [-0.2, 0) is 14.8 Å². The lowest BCUT2D eigenvalue weighted by atomic mass is 10.3. The molecule has 1 aromatic carbocycles. The molecule has 1 atom stereocenters. The second-order valence-corrected chi connectivity index (χ2v) is 8.29. The minimum Gasteiger partial charge on any atom is -0.481 e. The van der Waals surface area contributed by atoms with Gasteiger partial charge in [-0.05, 0) is 38.1 Å². The number of nitrogens with zero attached hydrogens (tertiary/aromatic N) is 2. The zero-order valence-electron chi connectivity index (χ0n) is 15.9. The number of aliphatic hydroxyl groups excluding tert-OH is 1. The zero-order chi connectivity index (χ0) is 19.7. The summed E-state index contributed by atoms with van der Waals surface area (Å²) in [5, 5.41) is 9.76. The quantitative estimate of drug-likeness (QED) is 0.622.